The molecule has 0 unspecified atom stereocenters. The monoisotopic (exact) mass is 429 g/mol. The minimum Gasteiger partial charge on any atom is -0.484 e. The number of nitrogens with one attached hydrogen (secondary N) is 1. The molecule has 0 aromatic heterocycles. The zero-order valence-corrected chi connectivity index (χ0v) is 19.0. The molecule has 166 valence electrons. The molecule has 5 nitrogen and oxygen atoms in total. The minimum atomic E-state index is -0.118. The Morgan fingerprint density at radius 1 is 1.03 bits per heavy atom. The van der Waals surface area contributed by atoms with Gasteiger partial charge in [-0.25, -0.2) is 0 Å². The van der Waals surface area contributed by atoms with Crippen LogP contribution in [-0.4, -0.2) is 39.7 Å². The van der Waals surface area contributed by atoms with Gasteiger partial charge in [0.05, 0.1) is 6.04 Å². The van der Waals surface area contributed by atoms with E-state index in [-0.39, 0.29) is 18.6 Å². The molecule has 1 amide bonds. The van der Waals surface area contributed by atoms with Gasteiger partial charge >= 0.3 is 0 Å². The smallest absolute Gasteiger partial charge is 0.258 e. The number of fused-ring (bicyclic) bond motifs is 1. The second-order valence-electron chi connectivity index (χ2n) is 8.48. The first-order valence-corrected chi connectivity index (χ1v) is 11.1. The van der Waals surface area contributed by atoms with Crippen molar-refractivity contribution in [2.24, 2.45) is 0 Å². The summed E-state index contributed by atoms with van der Waals surface area (Å²) in [6.45, 7) is 3.49. The maximum absolute atomic E-state index is 12.6. The second kappa shape index (κ2) is 9.77. The third-order valence-electron chi connectivity index (χ3n) is 5.98. The Morgan fingerprint density at radius 3 is 2.47 bits per heavy atom. The number of aryl methyl sites for hydroxylation is 1. The number of para-hydroxylation sites is 1. The number of ether oxygens (including phenoxy) is 1. The van der Waals surface area contributed by atoms with Crippen LogP contribution >= 0.6 is 0 Å². The summed E-state index contributed by atoms with van der Waals surface area (Å²) in [5.41, 5.74) is 6.11. The van der Waals surface area contributed by atoms with Crippen molar-refractivity contribution in [3.8, 4) is 5.75 Å². The van der Waals surface area contributed by atoms with Crippen LogP contribution < -0.4 is 19.9 Å². The Balaban J connectivity index is 1.47. The lowest BCUT2D eigenvalue weighted by atomic mass is 10.0. The van der Waals surface area contributed by atoms with Crippen molar-refractivity contribution in [2.45, 2.75) is 19.4 Å². The first-order valence-electron chi connectivity index (χ1n) is 11.1. The molecule has 3 aromatic rings. The molecule has 0 spiro atoms. The average Bonchev–Trinajstić information content (AvgIpc) is 3.23. The Labute approximate surface area is 190 Å². The molecule has 1 N–H and O–H groups in total. The summed E-state index contributed by atoms with van der Waals surface area (Å²) in [6, 6.07) is 24.9. The first kappa shape index (κ1) is 21.8. The molecule has 32 heavy (non-hydrogen) atoms. The summed E-state index contributed by atoms with van der Waals surface area (Å²) < 4.78 is 5.65. The molecule has 0 bridgehead atoms. The summed E-state index contributed by atoms with van der Waals surface area (Å²) in [5, 5.41) is 3.09. The van der Waals surface area contributed by atoms with Crippen molar-refractivity contribution < 1.29 is 9.53 Å². The number of nitrogens with zero attached hydrogens (tertiary/aromatic N) is 2. The van der Waals surface area contributed by atoms with Gasteiger partial charge in [-0.05, 0) is 54.8 Å². The fourth-order valence-electron chi connectivity index (χ4n) is 4.14. The molecule has 0 fully saturated rings. The third-order valence-corrected chi connectivity index (χ3v) is 5.98. The van der Waals surface area contributed by atoms with E-state index >= 15 is 0 Å². The van der Waals surface area contributed by atoms with Gasteiger partial charge in [0.1, 0.15) is 5.75 Å². The summed E-state index contributed by atoms with van der Waals surface area (Å²) in [4.78, 5) is 17.1. The second-order valence-corrected chi connectivity index (χ2v) is 8.48. The van der Waals surface area contributed by atoms with Crippen LogP contribution in [0.3, 0.4) is 0 Å². The highest BCUT2D eigenvalue weighted by Gasteiger charge is 2.27. The van der Waals surface area contributed by atoms with E-state index in [1.54, 1.807) is 0 Å². The van der Waals surface area contributed by atoms with Gasteiger partial charge < -0.3 is 19.9 Å². The van der Waals surface area contributed by atoms with E-state index in [1.807, 2.05) is 45.3 Å². The molecule has 0 saturated carbocycles. The number of benzene rings is 3. The van der Waals surface area contributed by atoms with Gasteiger partial charge in [0.2, 0.25) is 0 Å². The standard InChI is InChI=1S/C27H31N3O2/c1-20-8-14-24(15-9-20)32-19-27(31)28-18-26(22-10-12-23(13-11-22)29(2)3)30-17-16-21-6-4-5-7-25(21)30/h4-15,26H,16-19H2,1-3H3,(H,28,31)/t26-/m0/s1. The van der Waals surface area contributed by atoms with E-state index in [9.17, 15) is 4.79 Å². The largest absolute Gasteiger partial charge is 0.484 e. The highest BCUT2D eigenvalue weighted by atomic mass is 16.5. The highest BCUT2D eigenvalue weighted by molar-refractivity contribution is 5.77. The van der Waals surface area contributed by atoms with Gasteiger partial charge in [-0.1, -0.05) is 48.0 Å². The van der Waals surface area contributed by atoms with Crippen molar-refractivity contribution in [3.63, 3.8) is 0 Å². The molecule has 4 rings (SSSR count). The molecule has 1 aliphatic rings. The zero-order valence-electron chi connectivity index (χ0n) is 19.0. The van der Waals surface area contributed by atoms with Gasteiger partial charge in [0.25, 0.3) is 5.91 Å². The van der Waals surface area contributed by atoms with Gasteiger partial charge in [-0.15, -0.1) is 0 Å². The predicted octanol–water partition coefficient (Wildman–Crippen LogP) is 4.36. The number of anilines is 2. The molecule has 3 aromatic carbocycles. The van der Waals surface area contributed by atoms with Crippen molar-refractivity contribution in [2.75, 3.05) is 43.6 Å². The van der Waals surface area contributed by atoms with E-state index in [0.29, 0.717) is 12.3 Å². The van der Waals surface area contributed by atoms with Crippen LogP contribution in [-0.2, 0) is 11.2 Å². The van der Waals surface area contributed by atoms with Crippen LogP contribution in [0.2, 0.25) is 0 Å². The predicted molar refractivity (Wildman–Crippen MR) is 131 cm³/mol. The lowest BCUT2D eigenvalue weighted by molar-refractivity contribution is -0.123. The Bertz CT molecular complexity index is 1050. The van der Waals surface area contributed by atoms with Crippen LogP contribution in [0.15, 0.2) is 72.8 Å². The molecular formula is C27H31N3O2. The van der Waals surface area contributed by atoms with Crippen molar-refractivity contribution in [1.82, 2.24) is 5.32 Å². The average molecular weight is 430 g/mol. The lowest BCUT2D eigenvalue weighted by Gasteiger charge is -2.31. The third kappa shape index (κ3) is 5.05. The number of rotatable bonds is 8. The molecule has 0 aliphatic carbocycles. The van der Waals surface area contributed by atoms with Crippen LogP contribution in [0.25, 0.3) is 0 Å². The van der Waals surface area contributed by atoms with Gasteiger partial charge in [0.15, 0.2) is 6.61 Å². The van der Waals surface area contributed by atoms with E-state index in [0.717, 1.165) is 24.2 Å². The number of hydrogen-bond donors (Lipinski definition) is 1. The fraction of sp³-hybridized carbons (Fsp3) is 0.296. The SMILES string of the molecule is Cc1ccc(OCC(=O)NC[C@@H](c2ccc(N(C)C)cc2)N2CCc3ccccc32)cc1. The topological polar surface area (TPSA) is 44.8 Å². The Hall–Kier alpha value is -3.47. The van der Waals surface area contributed by atoms with E-state index in [1.165, 1.54) is 16.8 Å². The summed E-state index contributed by atoms with van der Waals surface area (Å²) in [7, 11) is 4.08. The molecule has 1 heterocycles. The van der Waals surface area contributed by atoms with E-state index in [4.69, 9.17) is 4.74 Å². The molecule has 0 saturated heterocycles. The number of carbonyl (C=O) groups excluding carboxylic acids is 1. The zero-order chi connectivity index (χ0) is 22.5. The molecule has 1 aliphatic heterocycles. The maximum Gasteiger partial charge on any atom is 0.258 e. The van der Waals surface area contributed by atoms with Crippen LogP contribution in [0.4, 0.5) is 11.4 Å². The summed E-state index contributed by atoms with van der Waals surface area (Å²) in [5.74, 6) is 0.586. The quantitative estimate of drug-likeness (QED) is 0.578. The minimum absolute atomic E-state index is 0.00589. The maximum atomic E-state index is 12.6. The van der Waals surface area contributed by atoms with Gasteiger partial charge in [-0.2, -0.15) is 0 Å². The molecule has 5 heteroatoms. The molecular weight excluding hydrogens is 398 g/mol. The van der Waals surface area contributed by atoms with Crippen LogP contribution in [0, 0.1) is 6.92 Å². The Morgan fingerprint density at radius 2 is 1.75 bits per heavy atom. The first-order chi connectivity index (χ1) is 15.5. The Kier molecular flexibility index (Phi) is 6.64. The van der Waals surface area contributed by atoms with Crippen LogP contribution in [0.1, 0.15) is 22.7 Å². The number of hydrogen-bond acceptors (Lipinski definition) is 4. The molecule has 0 radical (unpaired) electrons. The van der Waals surface area contributed by atoms with Crippen molar-refractivity contribution >= 4 is 17.3 Å². The van der Waals surface area contributed by atoms with Crippen molar-refractivity contribution in [3.05, 3.63) is 89.5 Å². The fourth-order valence-corrected chi connectivity index (χ4v) is 4.14. The van der Waals surface area contributed by atoms with Crippen LogP contribution in [0.5, 0.6) is 5.75 Å². The molecule has 1 atom stereocenters. The number of carbonyl (C=O) groups is 1. The van der Waals surface area contributed by atoms with Gasteiger partial charge in [-0.3, -0.25) is 4.79 Å². The van der Waals surface area contributed by atoms with E-state index < -0.39 is 0 Å². The van der Waals surface area contributed by atoms with Gasteiger partial charge in [0, 0.05) is 38.6 Å². The lowest BCUT2D eigenvalue weighted by Crippen LogP contribution is -2.39. The van der Waals surface area contributed by atoms with Crippen molar-refractivity contribution in [1.29, 1.82) is 0 Å². The normalized spacial score (nSPS) is 13.4. The highest BCUT2D eigenvalue weighted by Crippen LogP contribution is 2.35. The summed E-state index contributed by atoms with van der Waals surface area (Å²) in [6.07, 6.45) is 1.02. The van der Waals surface area contributed by atoms with E-state index in [2.05, 4.69) is 63.6 Å². The summed E-state index contributed by atoms with van der Waals surface area (Å²) >= 11 is 0. The number of amides is 1.